The highest BCUT2D eigenvalue weighted by molar-refractivity contribution is 8.15. The molecule has 6 nitrogen and oxygen atoms in total. The number of amides is 2. The standard InChI is InChI=1S/C22H22FN3O3S/c23-14-4-8-19(24-11-14)26-9-1-2-16(12-26)29-15-5-7-17-13(10-15)3-6-18(17)20-21(27)25-22(28)30-20/h4-5,7-8,10-11,16,18,20H,1-3,6,9,12H2,(H,25,27,28)/t16-,18-,20?/m1/s1. The third kappa shape index (κ3) is 3.76. The number of ether oxygens (including phenoxy) is 1. The van der Waals surface area contributed by atoms with Crippen molar-refractivity contribution in [3.05, 3.63) is 53.5 Å². The van der Waals surface area contributed by atoms with E-state index in [0.717, 1.165) is 61.1 Å². The highest BCUT2D eigenvalue weighted by Gasteiger charge is 2.41. The zero-order chi connectivity index (χ0) is 20.7. The van der Waals surface area contributed by atoms with Gasteiger partial charge in [-0.3, -0.25) is 14.9 Å². The molecule has 2 aromatic rings. The number of nitrogens with zero attached hydrogens (tertiary/aromatic N) is 2. The highest BCUT2D eigenvalue weighted by atomic mass is 32.2. The first-order valence-electron chi connectivity index (χ1n) is 10.2. The summed E-state index contributed by atoms with van der Waals surface area (Å²) in [6.45, 7) is 1.59. The molecule has 0 bridgehead atoms. The predicted octanol–water partition coefficient (Wildman–Crippen LogP) is 3.65. The van der Waals surface area contributed by atoms with Crippen molar-refractivity contribution in [2.45, 2.75) is 43.0 Å². The van der Waals surface area contributed by atoms with Crippen LogP contribution in [-0.4, -0.2) is 40.6 Å². The van der Waals surface area contributed by atoms with Crippen LogP contribution in [0.4, 0.5) is 15.0 Å². The van der Waals surface area contributed by atoms with Gasteiger partial charge >= 0.3 is 0 Å². The van der Waals surface area contributed by atoms with Gasteiger partial charge in [0.25, 0.3) is 5.24 Å². The minimum absolute atomic E-state index is 0.0367. The molecule has 2 saturated heterocycles. The SMILES string of the molecule is O=C1NC(=O)C([C@@H]2CCc3cc(O[C@@H]4CCCN(c5ccc(F)cn5)C4)ccc32)S1. The molecule has 1 N–H and O–H groups in total. The fourth-order valence-corrected chi connectivity index (χ4v) is 5.64. The van der Waals surface area contributed by atoms with Gasteiger partial charge in [0.05, 0.1) is 12.7 Å². The van der Waals surface area contributed by atoms with E-state index in [1.165, 1.54) is 17.8 Å². The van der Waals surface area contributed by atoms with Crippen LogP contribution in [0.15, 0.2) is 36.5 Å². The lowest BCUT2D eigenvalue weighted by molar-refractivity contribution is -0.119. The Kier molecular flexibility index (Phi) is 5.10. The molecular formula is C22H22FN3O3S. The topological polar surface area (TPSA) is 71.5 Å². The van der Waals surface area contributed by atoms with Gasteiger partial charge in [0, 0.05) is 12.5 Å². The number of imide groups is 1. The van der Waals surface area contributed by atoms with Crippen molar-refractivity contribution in [3.63, 3.8) is 0 Å². The van der Waals surface area contributed by atoms with E-state index in [2.05, 4.69) is 21.3 Å². The number of fused-ring (bicyclic) bond motifs is 1. The number of carbonyl (C=O) groups excluding carboxylic acids is 2. The van der Waals surface area contributed by atoms with Crippen LogP contribution in [0.25, 0.3) is 0 Å². The zero-order valence-corrected chi connectivity index (χ0v) is 17.2. The van der Waals surface area contributed by atoms with Crippen LogP contribution in [0.2, 0.25) is 0 Å². The summed E-state index contributed by atoms with van der Waals surface area (Å²) in [5.41, 5.74) is 2.34. The number of pyridine rings is 1. The summed E-state index contributed by atoms with van der Waals surface area (Å²) in [6, 6.07) is 9.21. The third-order valence-corrected chi connectivity index (χ3v) is 7.15. The Labute approximate surface area is 178 Å². The molecule has 5 rings (SSSR count). The van der Waals surface area contributed by atoms with Crippen molar-refractivity contribution in [1.29, 1.82) is 0 Å². The van der Waals surface area contributed by atoms with Crippen LogP contribution >= 0.6 is 11.8 Å². The molecule has 1 aromatic heterocycles. The van der Waals surface area contributed by atoms with Crippen molar-refractivity contribution < 1.29 is 18.7 Å². The van der Waals surface area contributed by atoms with E-state index in [-0.39, 0.29) is 34.2 Å². The molecule has 2 fully saturated rings. The molecule has 8 heteroatoms. The monoisotopic (exact) mass is 427 g/mol. The van der Waals surface area contributed by atoms with Crippen molar-refractivity contribution >= 4 is 28.7 Å². The van der Waals surface area contributed by atoms with Gasteiger partial charge in [-0.2, -0.15) is 0 Å². The Morgan fingerprint density at radius 2 is 2.10 bits per heavy atom. The van der Waals surface area contributed by atoms with E-state index in [9.17, 15) is 14.0 Å². The maximum absolute atomic E-state index is 13.1. The molecule has 3 atom stereocenters. The molecule has 2 amide bonds. The Hall–Kier alpha value is -2.61. The number of halogens is 1. The van der Waals surface area contributed by atoms with Crippen molar-refractivity contribution in [2.24, 2.45) is 0 Å². The quantitative estimate of drug-likeness (QED) is 0.803. The van der Waals surface area contributed by atoms with Gasteiger partial charge in [-0.1, -0.05) is 17.8 Å². The van der Waals surface area contributed by atoms with Crippen LogP contribution in [0.3, 0.4) is 0 Å². The Morgan fingerprint density at radius 3 is 2.87 bits per heavy atom. The second kappa shape index (κ2) is 7.91. The fourth-order valence-electron chi connectivity index (χ4n) is 4.64. The molecule has 156 valence electrons. The Bertz CT molecular complexity index is 984. The summed E-state index contributed by atoms with van der Waals surface area (Å²) in [5, 5.41) is 1.80. The van der Waals surface area contributed by atoms with Crippen molar-refractivity contribution in [3.8, 4) is 5.75 Å². The molecule has 0 saturated carbocycles. The molecule has 30 heavy (non-hydrogen) atoms. The molecule has 3 aliphatic rings. The average molecular weight is 428 g/mol. The molecule has 3 heterocycles. The molecule has 1 aromatic carbocycles. The normalized spacial score (nSPS) is 25.9. The molecular weight excluding hydrogens is 405 g/mol. The summed E-state index contributed by atoms with van der Waals surface area (Å²) < 4.78 is 19.4. The molecule has 0 spiro atoms. The minimum Gasteiger partial charge on any atom is -0.489 e. The second-order valence-corrected chi connectivity index (χ2v) is 9.10. The lowest BCUT2D eigenvalue weighted by Crippen LogP contribution is -2.41. The number of aromatic nitrogens is 1. The first-order valence-corrected chi connectivity index (χ1v) is 11.1. The number of anilines is 1. The Balaban J connectivity index is 1.27. The first kappa shape index (κ1) is 19.4. The van der Waals surface area contributed by atoms with Gasteiger partial charge in [-0.25, -0.2) is 9.37 Å². The van der Waals surface area contributed by atoms with Crippen molar-refractivity contribution in [2.75, 3.05) is 18.0 Å². The van der Waals surface area contributed by atoms with Crippen molar-refractivity contribution in [1.82, 2.24) is 10.3 Å². The van der Waals surface area contributed by atoms with Crippen LogP contribution in [0.5, 0.6) is 5.75 Å². The Morgan fingerprint density at radius 1 is 1.20 bits per heavy atom. The summed E-state index contributed by atoms with van der Waals surface area (Å²) in [5.74, 6) is 1.15. The first-order chi connectivity index (χ1) is 14.6. The largest absolute Gasteiger partial charge is 0.489 e. The fraction of sp³-hybridized carbons (Fsp3) is 0.409. The van der Waals surface area contributed by atoms with Crippen LogP contribution in [-0.2, 0) is 11.2 Å². The van der Waals surface area contributed by atoms with Crippen LogP contribution in [0, 0.1) is 5.82 Å². The zero-order valence-electron chi connectivity index (χ0n) is 16.3. The average Bonchev–Trinajstić information content (AvgIpc) is 3.30. The maximum atomic E-state index is 13.1. The number of aryl methyl sites for hydroxylation is 1. The predicted molar refractivity (Wildman–Crippen MR) is 112 cm³/mol. The number of hydrogen-bond donors (Lipinski definition) is 1. The van der Waals surface area contributed by atoms with Gasteiger partial charge < -0.3 is 9.64 Å². The van der Waals surface area contributed by atoms with Crippen LogP contribution in [0.1, 0.15) is 36.3 Å². The van der Waals surface area contributed by atoms with E-state index in [1.807, 2.05) is 12.1 Å². The van der Waals surface area contributed by atoms with Gasteiger partial charge in [0.1, 0.15) is 28.7 Å². The molecule has 1 unspecified atom stereocenters. The number of benzene rings is 1. The van der Waals surface area contributed by atoms with E-state index in [1.54, 1.807) is 6.07 Å². The van der Waals surface area contributed by atoms with E-state index >= 15 is 0 Å². The number of hydrogen-bond acceptors (Lipinski definition) is 6. The summed E-state index contributed by atoms with van der Waals surface area (Å²) in [4.78, 5) is 29.9. The number of piperidine rings is 1. The lowest BCUT2D eigenvalue weighted by Gasteiger charge is -2.33. The van der Waals surface area contributed by atoms with Gasteiger partial charge in [0.2, 0.25) is 5.91 Å². The third-order valence-electron chi connectivity index (χ3n) is 6.04. The van der Waals surface area contributed by atoms with Gasteiger partial charge in [-0.15, -0.1) is 0 Å². The number of rotatable bonds is 4. The van der Waals surface area contributed by atoms with Crippen LogP contribution < -0.4 is 15.0 Å². The number of nitrogens with one attached hydrogen (secondary N) is 1. The highest BCUT2D eigenvalue weighted by Crippen LogP contribution is 2.43. The van der Waals surface area contributed by atoms with E-state index in [4.69, 9.17) is 4.74 Å². The molecule has 1 aliphatic carbocycles. The molecule has 2 aliphatic heterocycles. The second-order valence-electron chi connectivity index (χ2n) is 7.98. The number of thioether (sulfide) groups is 1. The molecule has 0 radical (unpaired) electrons. The lowest BCUT2D eigenvalue weighted by atomic mass is 9.97. The summed E-state index contributed by atoms with van der Waals surface area (Å²) in [7, 11) is 0. The smallest absolute Gasteiger partial charge is 0.286 e. The van der Waals surface area contributed by atoms with Gasteiger partial charge in [0.15, 0.2) is 0 Å². The van der Waals surface area contributed by atoms with E-state index in [0.29, 0.717) is 6.54 Å². The summed E-state index contributed by atoms with van der Waals surface area (Å²) >= 11 is 1.10. The maximum Gasteiger partial charge on any atom is 0.286 e. The minimum atomic E-state index is -0.335. The number of carbonyl (C=O) groups is 2. The summed E-state index contributed by atoms with van der Waals surface area (Å²) in [6.07, 6.45) is 4.97. The van der Waals surface area contributed by atoms with E-state index < -0.39 is 0 Å². The van der Waals surface area contributed by atoms with Gasteiger partial charge in [-0.05, 0) is 61.1 Å².